The summed E-state index contributed by atoms with van der Waals surface area (Å²) >= 11 is 0. The maximum atomic E-state index is 9.55. The minimum atomic E-state index is -0.669. The largest absolute Gasteiger partial charge is 0.494 e. The number of hydrogen-bond donors (Lipinski definition) is 2. The summed E-state index contributed by atoms with van der Waals surface area (Å²) in [6.45, 7) is 7.55. The van der Waals surface area contributed by atoms with E-state index >= 15 is 0 Å². The lowest BCUT2D eigenvalue weighted by Crippen LogP contribution is -2.34. The Balaban J connectivity index is 2.44. The molecule has 0 aromatic heterocycles. The van der Waals surface area contributed by atoms with Crippen LogP contribution in [0.4, 0.5) is 0 Å². The van der Waals surface area contributed by atoms with Crippen LogP contribution >= 0.6 is 0 Å². The lowest BCUT2D eigenvalue weighted by Gasteiger charge is -2.17. The van der Waals surface area contributed by atoms with Gasteiger partial charge < -0.3 is 15.2 Å². The van der Waals surface area contributed by atoms with Crippen LogP contribution in [0.2, 0.25) is 0 Å². The lowest BCUT2D eigenvalue weighted by atomic mass is 10.1. The summed E-state index contributed by atoms with van der Waals surface area (Å²) < 4.78 is 5.42. The van der Waals surface area contributed by atoms with Gasteiger partial charge in [-0.25, -0.2) is 0 Å². The molecule has 0 radical (unpaired) electrons. The molecular weight excluding hydrogens is 202 g/mol. The van der Waals surface area contributed by atoms with Crippen LogP contribution in [0, 0.1) is 0 Å². The van der Waals surface area contributed by atoms with Gasteiger partial charge in [-0.05, 0) is 38.5 Å². The molecule has 0 saturated heterocycles. The zero-order valence-electron chi connectivity index (χ0n) is 10.3. The highest BCUT2D eigenvalue weighted by molar-refractivity contribution is 5.28. The SMILES string of the molecule is CCOc1cccc(CNCC(C)(C)O)c1. The molecule has 1 aromatic rings. The Hall–Kier alpha value is -1.06. The first-order valence-electron chi connectivity index (χ1n) is 5.66. The Morgan fingerprint density at radius 1 is 1.38 bits per heavy atom. The molecule has 1 rings (SSSR count). The van der Waals surface area contributed by atoms with Crippen LogP contribution in [0.15, 0.2) is 24.3 Å². The molecule has 0 atom stereocenters. The van der Waals surface area contributed by atoms with Crippen LogP contribution in [0.25, 0.3) is 0 Å². The summed E-state index contributed by atoms with van der Waals surface area (Å²) in [4.78, 5) is 0. The molecule has 3 nitrogen and oxygen atoms in total. The topological polar surface area (TPSA) is 41.5 Å². The smallest absolute Gasteiger partial charge is 0.119 e. The van der Waals surface area contributed by atoms with Crippen molar-refractivity contribution in [3.63, 3.8) is 0 Å². The number of benzene rings is 1. The highest BCUT2D eigenvalue weighted by Crippen LogP contribution is 2.13. The molecule has 0 aliphatic carbocycles. The first-order chi connectivity index (χ1) is 7.51. The van der Waals surface area contributed by atoms with E-state index in [-0.39, 0.29) is 0 Å². The standard InChI is InChI=1S/C13H21NO2/c1-4-16-12-7-5-6-11(8-12)9-14-10-13(2,3)15/h5-8,14-15H,4,9-10H2,1-3H3. The second-order valence-electron chi connectivity index (χ2n) is 4.50. The molecule has 0 bridgehead atoms. The monoisotopic (exact) mass is 223 g/mol. The third kappa shape index (κ3) is 5.14. The molecule has 0 aliphatic heterocycles. The van der Waals surface area contributed by atoms with Crippen molar-refractivity contribution in [1.29, 1.82) is 0 Å². The van der Waals surface area contributed by atoms with Gasteiger partial charge in [-0.3, -0.25) is 0 Å². The van der Waals surface area contributed by atoms with Gasteiger partial charge in [0, 0.05) is 13.1 Å². The van der Waals surface area contributed by atoms with Crippen LogP contribution in [-0.2, 0) is 6.54 Å². The summed E-state index contributed by atoms with van der Waals surface area (Å²) in [6, 6.07) is 7.98. The van der Waals surface area contributed by atoms with E-state index < -0.39 is 5.60 Å². The van der Waals surface area contributed by atoms with E-state index in [1.54, 1.807) is 13.8 Å². The van der Waals surface area contributed by atoms with Gasteiger partial charge in [-0.15, -0.1) is 0 Å². The molecule has 2 N–H and O–H groups in total. The third-order valence-electron chi connectivity index (χ3n) is 2.10. The van der Waals surface area contributed by atoms with Crippen molar-refractivity contribution < 1.29 is 9.84 Å². The van der Waals surface area contributed by atoms with E-state index in [1.807, 2.05) is 31.2 Å². The fourth-order valence-corrected chi connectivity index (χ4v) is 1.42. The number of ether oxygens (including phenoxy) is 1. The van der Waals surface area contributed by atoms with Gasteiger partial charge in [-0.1, -0.05) is 12.1 Å². The van der Waals surface area contributed by atoms with Crippen molar-refractivity contribution in [2.45, 2.75) is 32.9 Å². The summed E-state index contributed by atoms with van der Waals surface area (Å²) in [5.41, 5.74) is 0.493. The van der Waals surface area contributed by atoms with E-state index in [2.05, 4.69) is 5.32 Å². The van der Waals surface area contributed by atoms with Gasteiger partial charge in [0.1, 0.15) is 5.75 Å². The fraction of sp³-hybridized carbons (Fsp3) is 0.538. The molecule has 16 heavy (non-hydrogen) atoms. The summed E-state index contributed by atoms with van der Waals surface area (Å²) in [7, 11) is 0. The minimum Gasteiger partial charge on any atom is -0.494 e. The minimum absolute atomic E-state index is 0.575. The van der Waals surface area contributed by atoms with Gasteiger partial charge in [0.25, 0.3) is 0 Å². The Labute approximate surface area is 97.4 Å². The average molecular weight is 223 g/mol. The highest BCUT2D eigenvalue weighted by Gasteiger charge is 2.10. The Bertz CT molecular complexity index is 318. The first kappa shape index (κ1) is 13.0. The van der Waals surface area contributed by atoms with Crippen molar-refractivity contribution in [3.05, 3.63) is 29.8 Å². The first-order valence-corrected chi connectivity index (χ1v) is 5.66. The number of rotatable bonds is 6. The number of hydrogen-bond acceptors (Lipinski definition) is 3. The van der Waals surface area contributed by atoms with Gasteiger partial charge in [-0.2, -0.15) is 0 Å². The van der Waals surface area contributed by atoms with Crippen molar-refractivity contribution in [2.24, 2.45) is 0 Å². The molecule has 0 unspecified atom stereocenters. The third-order valence-corrected chi connectivity index (χ3v) is 2.10. The molecule has 0 fully saturated rings. The molecule has 90 valence electrons. The maximum Gasteiger partial charge on any atom is 0.119 e. The lowest BCUT2D eigenvalue weighted by molar-refractivity contribution is 0.0795. The molecule has 0 amide bonds. The number of aliphatic hydroxyl groups is 1. The normalized spacial score (nSPS) is 11.5. The van der Waals surface area contributed by atoms with Gasteiger partial charge in [0.15, 0.2) is 0 Å². The molecular formula is C13H21NO2. The van der Waals surface area contributed by atoms with Crippen molar-refractivity contribution in [2.75, 3.05) is 13.2 Å². The van der Waals surface area contributed by atoms with Crippen molar-refractivity contribution in [1.82, 2.24) is 5.32 Å². The number of nitrogens with one attached hydrogen (secondary N) is 1. The summed E-state index contributed by atoms with van der Waals surface area (Å²) in [5, 5.41) is 12.8. The molecule has 0 heterocycles. The molecule has 1 aromatic carbocycles. The second-order valence-corrected chi connectivity index (χ2v) is 4.50. The van der Waals surface area contributed by atoms with E-state index in [0.717, 1.165) is 17.9 Å². The Morgan fingerprint density at radius 2 is 2.12 bits per heavy atom. The van der Waals surface area contributed by atoms with E-state index in [9.17, 15) is 5.11 Å². The van der Waals surface area contributed by atoms with E-state index in [1.165, 1.54) is 0 Å². The van der Waals surface area contributed by atoms with Crippen LogP contribution in [0.3, 0.4) is 0 Å². The summed E-state index contributed by atoms with van der Waals surface area (Å²) in [5.74, 6) is 0.894. The summed E-state index contributed by atoms with van der Waals surface area (Å²) in [6.07, 6.45) is 0. The predicted octanol–water partition coefficient (Wildman–Crippen LogP) is 1.95. The van der Waals surface area contributed by atoms with Crippen LogP contribution in [0.1, 0.15) is 26.3 Å². The quantitative estimate of drug-likeness (QED) is 0.774. The zero-order chi connectivity index (χ0) is 12.0. The van der Waals surface area contributed by atoms with Crippen molar-refractivity contribution in [3.8, 4) is 5.75 Å². The average Bonchev–Trinajstić information content (AvgIpc) is 2.17. The van der Waals surface area contributed by atoms with Gasteiger partial charge in [0.05, 0.1) is 12.2 Å². The van der Waals surface area contributed by atoms with E-state index in [4.69, 9.17) is 4.74 Å². The molecule has 0 spiro atoms. The Morgan fingerprint density at radius 3 is 2.75 bits per heavy atom. The highest BCUT2D eigenvalue weighted by atomic mass is 16.5. The molecule has 0 saturated carbocycles. The predicted molar refractivity (Wildman–Crippen MR) is 65.6 cm³/mol. The van der Waals surface area contributed by atoms with E-state index in [0.29, 0.717) is 13.2 Å². The van der Waals surface area contributed by atoms with Crippen molar-refractivity contribution >= 4 is 0 Å². The van der Waals surface area contributed by atoms with Crippen LogP contribution in [-0.4, -0.2) is 23.9 Å². The molecule has 0 aliphatic rings. The Kier molecular flexibility index (Phi) is 4.77. The second kappa shape index (κ2) is 5.87. The maximum absolute atomic E-state index is 9.55. The molecule has 3 heteroatoms. The van der Waals surface area contributed by atoms with Crippen LogP contribution in [0.5, 0.6) is 5.75 Å². The fourth-order valence-electron chi connectivity index (χ4n) is 1.42. The zero-order valence-corrected chi connectivity index (χ0v) is 10.3. The van der Waals surface area contributed by atoms with Crippen LogP contribution < -0.4 is 10.1 Å². The van der Waals surface area contributed by atoms with Gasteiger partial charge in [0.2, 0.25) is 0 Å². The van der Waals surface area contributed by atoms with Gasteiger partial charge >= 0.3 is 0 Å².